The third-order valence-electron chi connectivity index (χ3n) is 3.01. The van der Waals surface area contributed by atoms with Crippen LogP contribution >= 0.6 is 27.7 Å². The van der Waals surface area contributed by atoms with Gasteiger partial charge in [-0.15, -0.1) is 5.10 Å². The van der Waals surface area contributed by atoms with Crippen molar-refractivity contribution < 1.29 is 4.74 Å². The van der Waals surface area contributed by atoms with Crippen molar-refractivity contribution in [3.8, 4) is 11.4 Å². The second-order valence-corrected chi connectivity index (χ2v) is 6.35. The van der Waals surface area contributed by atoms with Crippen LogP contribution in [0.15, 0.2) is 58.2 Å². The normalized spacial score (nSPS) is 10.6. The van der Waals surface area contributed by atoms with E-state index in [0.29, 0.717) is 0 Å². The standard InChI is InChI=1S/C15H13BrN4OS/c1-21-14-7-5-13(6-8-14)20-15(17-18-19-20)22-10-11-3-2-4-12(16)9-11/h2-9H,10H2,1H3. The Morgan fingerprint density at radius 2 is 2.00 bits per heavy atom. The van der Waals surface area contributed by atoms with E-state index in [1.54, 1.807) is 23.6 Å². The van der Waals surface area contributed by atoms with Gasteiger partial charge in [-0.3, -0.25) is 0 Å². The smallest absolute Gasteiger partial charge is 0.214 e. The molecule has 0 aliphatic rings. The highest BCUT2D eigenvalue weighted by molar-refractivity contribution is 9.10. The van der Waals surface area contributed by atoms with Crippen LogP contribution in [0, 0.1) is 0 Å². The van der Waals surface area contributed by atoms with Crippen molar-refractivity contribution in [2.24, 2.45) is 0 Å². The van der Waals surface area contributed by atoms with Crippen molar-refractivity contribution in [1.82, 2.24) is 20.2 Å². The van der Waals surface area contributed by atoms with Crippen molar-refractivity contribution in [1.29, 1.82) is 0 Å². The molecule has 1 aromatic heterocycles. The van der Waals surface area contributed by atoms with Gasteiger partial charge in [0.15, 0.2) is 0 Å². The predicted molar refractivity (Wildman–Crippen MR) is 89.4 cm³/mol. The van der Waals surface area contributed by atoms with E-state index in [9.17, 15) is 0 Å². The summed E-state index contributed by atoms with van der Waals surface area (Å²) >= 11 is 5.07. The first-order valence-corrected chi connectivity index (χ1v) is 8.34. The van der Waals surface area contributed by atoms with Crippen LogP contribution in [0.2, 0.25) is 0 Å². The molecule has 5 nitrogen and oxygen atoms in total. The maximum atomic E-state index is 5.16. The van der Waals surface area contributed by atoms with Gasteiger partial charge in [0, 0.05) is 10.2 Å². The van der Waals surface area contributed by atoms with Gasteiger partial charge >= 0.3 is 0 Å². The maximum Gasteiger partial charge on any atom is 0.214 e. The minimum absolute atomic E-state index is 0.755. The molecule has 0 fully saturated rings. The lowest BCUT2D eigenvalue weighted by molar-refractivity contribution is 0.414. The molecule has 3 aromatic rings. The highest BCUT2D eigenvalue weighted by Crippen LogP contribution is 2.24. The summed E-state index contributed by atoms with van der Waals surface area (Å²) < 4.78 is 7.96. The van der Waals surface area contributed by atoms with Crippen LogP contribution < -0.4 is 4.74 Å². The van der Waals surface area contributed by atoms with E-state index in [1.165, 1.54) is 5.56 Å². The minimum atomic E-state index is 0.755. The van der Waals surface area contributed by atoms with Crippen LogP contribution in [0.4, 0.5) is 0 Å². The summed E-state index contributed by atoms with van der Waals surface area (Å²) in [5.74, 6) is 1.61. The molecule has 0 N–H and O–H groups in total. The molecular weight excluding hydrogens is 364 g/mol. The molecule has 22 heavy (non-hydrogen) atoms. The average molecular weight is 377 g/mol. The number of nitrogens with zero attached hydrogens (tertiary/aromatic N) is 4. The Morgan fingerprint density at radius 3 is 2.73 bits per heavy atom. The molecule has 0 aliphatic heterocycles. The van der Waals surface area contributed by atoms with Crippen LogP contribution in [0.3, 0.4) is 0 Å². The molecule has 3 rings (SSSR count). The molecule has 0 atom stereocenters. The molecule has 0 radical (unpaired) electrons. The summed E-state index contributed by atoms with van der Waals surface area (Å²) in [6, 6.07) is 15.8. The highest BCUT2D eigenvalue weighted by atomic mass is 79.9. The van der Waals surface area contributed by atoms with Crippen LogP contribution in [0.25, 0.3) is 5.69 Å². The lowest BCUT2D eigenvalue weighted by atomic mass is 10.2. The third kappa shape index (κ3) is 3.48. The zero-order valence-corrected chi connectivity index (χ0v) is 14.2. The summed E-state index contributed by atoms with van der Waals surface area (Å²) in [5, 5.41) is 12.7. The zero-order chi connectivity index (χ0) is 15.4. The van der Waals surface area contributed by atoms with E-state index in [2.05, 4.69) is 43.6 Å². The quantitative estimate of drug-likeness (QED) is 0.635. The SMILES string of the molecule is COc1ccc(-n2nnnc2SCc2cccc(Br)c2)cc1. The third-order valence-corrected chi connectivity index (χ3v) is 4.50. The largest absolute Gasteiger partial charge is 0.497 e. The predicted octanol–water partition coefficient (Wildman–Crippen LogP) is 3.73. The molecular formula is C15H13BrN4OS. The highest BCUT2D eigenvalue weighted by Gasteiger charge is 2.09. The molecule has 0 unspecified atom stereocenters. The monoisotopic (exact) mass is 376 g/mol. The lowest BCUT2D eigenvalue weighted by Crippen LogP contribution is -1.99. The molecule has 7 heteroatoms. The molecule has 0 spiro atoms. The van der Waals surface area contributed by atoms with Crippen molar-refractivity contribution in [2.75, 3.05) is 7.11 Å². The van der Waals surface area contributed by atoms with E-state index >= 15 is 0 Å². The number of aromatic nitrogens is 4. The van der Waals surface area contributed by atoms with Crippen molar-refractivity contribution >= 4 is 27.7 Å². The fourth-order valence-corrected chi connectivity index (χ4v) is 3.21. The molecule has 0 saturated heterocycles. The first-order valence-electron chi connectivity index (χ1n) is 6.56. The van der Waals surface area contributed by atoms with E-state index in [0.717, 1.165) is 26.8 Å². The first kappa shape index (κ1) is 15.1. The van der Waals surface area contributed by atoms with Crippen molar-refractivity contribution in [3.63, 3.8) is 0 Å². The van der Waals surface area contributed by atoms with E-state index in [1.807, 2.05) is 36.4 Å². The summed E-state index contributed by atoms with van der Waals surface area (Å²) in [6.45, 7) is 0. The number of halogens is 1. The number of ether oxygens (including phenoxy) is 1. The Morgan fingerprint density at radius 1 is 1.18 bits per heavy atom. The molecule has 0 amide bonds. The van der Waals surface area contributed by atoms with E-state index < -0.39 is 0 Å². The van der Waals surface area contributed by atoms with E-state index in [-0.39, 0.29) is 0 Å². The van der Waals surface area contributed by atoms with Crippen molar-refractivity contribution in [3.05, 3.63) is 58.6 Å². The van der Waals surface area contributed by atoms with Crippen LogP contribution in [0.5, 0.6) is 5.75 Å². The van der Waals surface area contributed by atoms with Crippen LogP contribution in [-0.4, -0.2) is 27.3 Å². The number of hydrogen-bond donors (Lipinski definition) is 0. The first-order chi connectivity index (χ1) is 10.8. The summed E-state index contributed by atoms with van der Waals surface area (Å²) in [5.41, 5.74) is 2.12. The van der Waals surface area contributed by atoms with Gasteiger partial charge in [-0.2, -0.15) is 4.68 Å². The molecule has 0 saturated carbocycles. The summed E-state index contributed by atoms with van der Waals surface area (Å²) in [4.78, 5) is 0. The molecule has 2 aromatic carbocycles. The zero-order valence-electron chi connectivity index (χ0n) is 11.8. The number of rotatable bonds is 5. The summed E-state index contributed by atoms with van der Waals surface area (Å²) in [7, 11) is 1.64. The van der Waals surface area contributed by atoms with Gasteiger partial charge in [0.1, 0.15) is 5.75 Å². The average Bonchev–Trinajstić information content (AvgIpc) is 3.01. The van der Waals surface area contributed by atoms with Gasteiger partial charge < -0.3 is 4.74 Å². The van der Waals surface area contributed by atoms with Gasteiger partial charge in [-0.05, 0) is 52.4 Å². The molecule has 0 aliphatic carbocycles. The van der Waals surface area contributed by atoms with Gasteiger partial charge in [0.05, 0.1) is 12.8 Å². The number of hydrogen-bond acceptors (Lipinski definition) is 5. The maximum absolute atomic E-state index is 5.16. The minimum Gasteiger partial charge on any atom is -0.497 e. The molecule has 112 valence electrons. The van der Waals surface area contributed by atoms with Crippen LogP contribution in [-0.2, 0) is 5.75 Å². The second-order valence-electron chi connectivity index (χ2n) is 4.49. The Hall–Kier alpha value is -1.86. The Balaban J connectivity index is 1.76. The second kappa shape index (κ2) is 6.93. The Kier molecular flexibility index (Phi) is 4.74. The number of benzene rings is 2. The van der Waals surface area contributed by atoms with Gasteiger partial charge in [-0.1, -0.05) is 39.8 Å². The Labute approximate surface area is 140 Å². The fraction of sp³-hybridized carbons (Fsp3) is 0.133. The van der Waals surface area contributed by atoms with Gasteiger partial charge in [0.25, 0.3) is 0 Å². The Bertz CT molecular complexity index is 760. The van der Waals surface area contributed by atoms with Gasteiger partial charge in [-0.25, -0.2) is 0 Å². The number of thioether (sulfide) groups is 1. The number of methoxy groups -OCH3 is 1. The summed E-state index contributed by atoms with van der Waals surface area (Å²) in [6.07, 6.45) is 0. The van der Waals surface area contributed by atoms with E-state index in [4.69, 9.17) is 4.74 Å². The van der Waals surface area contributed by atoms with Crippen molar-refractivity contribution in [2.45, 2.75) is 10.9 Å². The molecule has 1 heterocycles. The fourth-order valence-electron chi connectivity index (χ4n) is 1.93. The topological polar surface area (TPSA) is 52.8 Å². The van der Waals surface area contributed by atoms with Crippen LogP contribution in [0.1, 0.15) is 5.56 Å². The molecule has 0 bridgehead atoms. The van der Waals surface area contributed by atoms with Gasteiger partial charge in [0.2, 0.25) is 5.16 Å². The number of tetrazole rings is 1. The lowest BCUT2D eigenvalue weighted by Gasteiger charge is -2.05.